The molecule has 0 aromatic heterocycles. The molecule has 1 unspecified atom stereocenters. The van der Waals surface area contributed by atoms with Crippen molar-refractivity contribution in [1.82, 2.24) is 5.32 Å². The van der Waals surface area contributed by atoms with Gasteiger partial charge < -0.3 is 9.90 Å². The number of hydrogen-bond acceptors (Lipinski definition) is 5. The van der Waals surface area contributed by atoms with Crippen LogP contribution in [0, 0.1) is 0 Å². The summed E-state index contributed by atoms with van der Waals surface area (Å²) in [5.74, 6) is 2.16. The van der Waals surface area contributed by atoms with Gasteiger partial charge in [-0.3, -0.25) is 5.32 Å². The normalized spacial score (nSPS) is 39.1. The molecule has 1 spiro atoms. The van der Waals surface area contributed by atoms with Crippen molar-refractivity contribution in [3.8, 4) is 0 Å². The largest absolute Gasteiger partial charge is 0.376 e. The number of aldehydes is 1. The molecule has 3 nitrogen and oxygen atoms in total. The third kappa shape index (κ3) is 1.28. The third-order valence-electron chi connectivity index (χ3n) is 2.23. The SMILES string of the molecule is O=C[C@@H]1CC2(SCCS2)C(O)N1. The molecule has 2 heterocycles. The predicted molar refractivity (Wildman–Crippen MR) is 51.3 cm³/mol. The molecule has 0 amide bonds. The Morgan fingerprint density at radius 1 is 1.50 bits per heavy atom. The Balaban J connectivity index is 2.11. The van der Waals surface area contributed by atoms with Crippen LogP contribution in [-0.2, 0) is 4.79 Å². The number of thioether (sulfide) groups is 2. The van der Waals surface area contributed by atoms with Gasteiger partial charge in [-0.1, -0.05) is 0 Å². The molecule has 2 aliphatic heterocycles. The van der Waals surface area contributed by atoms with Gasteiger partial charge in [-0.15, -0.1) is 23.5 Å². The summed E-state index contributed by atoms with van der Waals surface area (Å²) in [6.07, 6.45) is 1.12. The molecule has 2 saturated heterocycles. The van der Waals surface area contributed by atoms with E-state index < -0.39 is 6.23 Å². The van der Waals surface area contributed by atoms with Crippen LogP contribution in [0.1, 0.15) is 6.42 Å². The molecule has 2 rings (SSSR count). The second-order valence-corrected chi connectivity index (χ2v) is 6.13. The van der Waals surface area contributed by atoms with Crippen molar-refractivity contribution in [3.63, 3.8) is 0 Å². The molecule has 0 radical (unpaired) electrons. The molecule has 5 heteroatoms. The van der Waals surface area contributed by atoms with Gasteiger partial charge in [0.25, 0.3) is 0 Å². The van der Waals surface area contributed by atoms with Crippen molar-refractivity contribution in [2.75, 3.05) is 11.5 Å². The summed E-state index contributed by atoms with van der Waals surface area (Å²) in [4.78, 5) is 10.5. The Morgan fingerprint density at radius 2 is 2.17 bits per heavy atom. The van der Waals surface area contributed by atoms with Gasteiger partial charge >= 0.3 is 0 Å². The minimum absolute atomic E-state index is 0.133. The van der Waals surface area contributed by atoms with Gasteiger partial charge in [-0.25, -0.2) is 0 Å². The van der Waals surface area contributed by atoms with Crippen LogP contribution >= 0.6 is 23.5 Å². The second-order valence-electron chi connectivity index (χ2n) is 3.02. The van der Waals surface area contributed by atoms with Crippen LogP contribution in [0.25, 0.3) is 0 Å². The highest BCUT2D eigenvalue weighted by Crippen LogP contribution is 2.51. The molecule has 0 aromatic carbocycles. The standard InChI is InChI=1S/C7H11NO2S2/c9-4-5-3-7(6(10)8-5)11-1-2-12-7/h4-6,8,10H,1-3H2/t5-,6?/m0/s1. The summed E-state index contributed by atoms with van der Waals surface area (Å²) in [5.41, 5.74) is 0. The molecule has 0 aliphatic carbocycles. The van der Waals surface area contributed by atoms with E-state index in [-0.39, 0.29) is 10.1 Å². The first-order valence-corrected chi connectivity index (χ1v) is 5.91. The number of carbonyl (C=O) groups is 1. The summed E-state index contributed by atoms with van der Waals surface area (Å²) in [5, 5.41) is 12.6. The van der Waals surface area contributed by atoms with Gasteiger partial charge in [0.1, 0.15) is 16.6 Å². The fourth-order valence-corrected chi connectivity index (χ4v) is 4.88. The summed E-state index contributed by atoms with van der Waals surface area (Å²) < 4.78 is -0.133. The molecule has 0 saturated carbocycles. The quantitative estimate of drug-likeness (QED) is 0.592. The van der Waals surface area contributed by atoms with Crippen LogP contribution in [0.2, 0.25) is 0 Å². The van der Waals surface area contributed by atoms with E-state index in [0.29, 0.717) is 0 Å². The molecule has 2 fully saturated rings. The van der Waals surface area contributed by atoms with Crippen LogP contribution < -0.4 is 5.32 Å². The van der Waals surface area contributed by atoms with Crippen molar-refractivity contribution in [3.05, 3.63) is 0 Å². The Kier molecular flexibility index (Phi) is 2.37. The van der Waals surface area contributed by atoms with E-state index in [1.165, 1.54) is 0 Å². The first kappa shape index (κ1) is 8.87. The number of rotatable bonds is 1. The maximum atomic E-state index is 10.5. The van der Waals surface area contributed by atoms with Crippen molar-refractivity contribution in [1.29, 1.82) is 0 Å². The van der Waals surface area contributed by atoms with E-state index in [2.05, 4.69) is 5.32 Å². The lowest BCUT2D eigenvalue weighted by Crippen LogP contribution is -2.37. The number of carbonyl (C=O) groups excluding carboxylic acids is 1. The second kappa shape index (κ2) is 3.21. The molecule has 68 valence electrons. The smallest absolute Gasteiger partial charge is 0.137 e. The predicted octanol–water partition coefficient (Wildman–Crippen LogP) is 0.0419. The van der Waals surface area contributed by atoms with Crippen molar-refractivity contribution < 1.29 is 9.90 Å². The maximum Gasteiger partial charge on any atom is 0.137 e. The lowest BCUT2D eigenvalue weighted by Gasteiger charge is -2.23. The van der Waals surface area contributed by atoms with Crippen molar-refractivity contribution >= 4 is 29.8 Å². The zero-order valence-corrected chi connectivity index (χ0v) is 8.16. The molecular formula is C7H11NO2S2. The molecule has 2 atom stereocenters. The molecular weight excluding hydrogens is 194 g/mol. The first-order valence-electron chi connectivity index (χ1n) is 3.94. The fraction of sp³-hybridized carbons (Fsp3) is 0.857. The summed E-state index contributed by atoms with van der Waals surface area (Å²) >= 11 is 3.54. The van der Waals surface area contributed by atoms with Crippen LogP contribution in [0.3, 0.4) is 0 Å². The highest BCUT2D eigenvalue weighted by Gasteiger charge is 2.49. The fourth-order valence-electron chi connectivity index (χ4n) is 1.64. The Labute approximate surface area is 79.7 Å². The van der Waals surface area contributed by atoms with Crippen LogP contribution in [0.4, 0.5) is 0 Å². The van der Waals surface area contributed by atoms with Gasteiger partial charge in [0.05, 0.1) is 6.04 Å². The summed E-state index contributed by atoms with van der Waals surface area (Å²) in [6, 6.07) is -0.155. The minimum Gasteiger partial charge on any atom is -0.376 e. The lowest BCUT2D eigenvalue weighted by atomic mass is 10.2. The van der Waals surface area contributed by atoms with E-state index in [1.807, 2.05) is 0 Å². The van der Waals surface area contributed by atoms with Crippen LogP contribution in [-0.4, -0.2) is 39.2 Å². The molecule has 12 heavy (non-hydrogen) atoms. The van der Waals surface area contributed by atoms with E-state index in [0.717, 1.165) is 24.2 Å². The Hall–Kier alpha value is 0.290. The highest BCUT2D eigenvalue weighted by molar-refractivity contribution is 8.21. The van der Waals surface area contributed by atoms with Crippen LogP contribution in [0.5, 0.6) is 0 Å². The van der Waals surface area contributed by atoms with Gasteiger partial charge in [-0.05, 0) is 6.42 Å². The zero-order chi connectivity index (χ0) is 8.60. The number of hydrogen-bond donors (Lipinski definition) is 2. The average Bonchev–Trinajstić information content (AvgIpc) is 2.63. The van der Waals surface area contributed by atoms with Gasteiger partial charge in [0.2, 0.25) is 0 Å². The van der Waals surface area contributed by atoms with Gasteiger partial charge in [0, 0.05) is 11.5 Å². The van der Waals surface area contributed by atoms with Crippen molar-refractivity contribution in [2.24, 2.45) is 0 Å². The van der Waals surface area contributed by atoms with Crippen molar-refractivity contribution in [2.45, 2.75) is 22.8 Å². The number of nitrogens with one attached hydrogen (secondary N) is 1. The summed E-state index contributed by atoms with van der Waals surface area (Å²) in [6.45, 7) is 0. The lowest BCUT2D eigenvalue weighted by molar-refractivity contribution is -0.109. The third-order valence-corrected chi connectivity index (χ3v) is 5.77. The zero-order valence-electron chi connectivity index (χ0n) is 6.53. The maximum absolute atomic E-state index is 10.5. The molecule has 2 N–H and O–H groups in total. The Morgan fingerprint density at radius 3 is 2.67 bits per heavy atom. The van der Waals surface area contributed by atoms with Gasteiger partial charge in [-0.2, -0.15) is 0 Å². The van der Waals surface area contributed by atoms with E-state index >= 15 is 0 Å². The highest BCUT2D eigenvalue weighted by atomic mass is 32.2. The van der Waals surface area contributed by atoms with E-state index in [9.17, 15) is 9.90 Å². The average molecular weight is 205 g/mol. The minimum atomic E-state index is -0.523. The summed E-state index contributed by atoms with van der Waals surface area (Å²) in [7, 11) is 0. The molecule has 0 aromatic rings. The Bertz CT molecular complexity index is 194. The van der Waals surface area contributed by atoms with E-state index in [4.69, 9.17) is 0 Å². The molecule has 0 bridgehead atoms. The number of aliphatic hydroxyl groups is 1. The van der Waals surface area contributed by atoms with Crippen LogP contribution in [0.15, 0.2) is 0 Å². The molecule has 2 aliphatic rings. The monoisotopic (exact) mass is 205 g/mol. The first-order chi connectivity index (χ1) is 5.77. The topological polar surface area (TPSA) is 49.3 Å². The number of aliphatic hydroxyl groups excluding tert-OH is 1. The van der Waals surface area contributed by atoms with Gasteiger partial charge in [0.15, 0.2) is 0 Å². The van der Waals surface area contributed by atoms with E-state index in [1.54, 1.807) is 23.5 Å².